The summed E-state index contributed by atoms with van der Waals surface area (Å²) in [6.07, 6.45) is 1.66. The van der Waals surface area contributed by atoms with Gasteiger partial charge < -0.3 is 11.1 Å². The number of nitrogen functional groups attached to an aromatic ring is 1. The van der Waals surface area contributed by atoms with Crippen molar-refractivity contribution >= 4 is 11.4 Å². The number of benzene rings is 1. The molecular formula is C10H11FN4. The largest absolute Gasteiger partial charge is 0.397 e. The maximum absolute atomic E-state index is 12.9. The van der Waals surface area contributed by atoms with Crippen molar-refractivity contribution in [1.29, 1.82) is 0 Å². The maximum atomic E-state index is 12.9. The SMILES string of the molecule is Nc1ccc(F)cc1NCc1ccn[nH]1. The van der Waals surface area contributed by atoms with Crippen LogP contribution in [0.15, 0.2) is 30.5 Å². The van der Waals surface area contributed by atoms with E-state index in [1.54, 1.807) is 6.20 Å². The molecule has 0 unspecified atom stereocenters. The molecule has 0 atom stereocenters. The standard InChI is InChI=1S/C10H11FN4/c11-7-1-2-9(12)10(5-7)13-6-8-3-4-14-15-8/h1-5,13H,6,12H2,(H,14,15). The van der Waals surface area contributed by atoms with Gasteiger partial charge in [-0.15, -0.1) is 0 Å². The molecule has 1 heterocycles. The number of rotatable bonds is 3. The molecule has 2 rings (SSSR count). The van der Waals surface area contributed by atoms with Crippen molar-refractivity contribution in [1.82, 2.24) is 10.2 Å². The molecule has 0 saturated carbocycles. The van der Waals surface area contributed by atoms with Crippen molar-refractivity contribution < 1.29 is 4.39 Å². The highest BCUT2D eigenvalue weighted by Crippen LogP contribution is 2.19. The second kappa shape index (κ2) is 4.00. The van der Waals surface area contributed by atoms with Crippen molar-refractivity contribution in [2.24, 2.45) is 0 Å². The van der Waals surface area contributed by atoms with E-state index >= 15 is 0 Å². The van der Waals surface area contributed by atoms with Gasteiger partial charge in [-0.3, -0.25) is 5.10 Å². The Kier molecular flexibility index (Phi) is 2.53. The topological polar surface area (TPSA) is 66.7 Å². The molecule has 0 aliphatic carbocycles. The smallest absolute Gasteiger partial charge is 0.125 e. The Morgan fingerprint density at radius 3 is 3.00 bits per heavy atom. The fourth-order valence-electron chi connectivity index (χ4n) is 1.26. The number of hydrogen-bond acceptors (Lipinski definition) is 3. The highest BCUT2D eigenvalue weighted by Gasteiger charge is 2.01. The predicted molar refractivity (Wildman–Crippen MR) is 56.7 cm³/mol. The molecule has 0 saturated heterocycles. The molecule has 1 aromatic heterocycles. The minimum atomic E-state index is -0.309. The Hall–Kier alpha value is -2.04. The van der Waals surface area contributed by atoms with Crippen LogP contribution in [0.2, 0.25) is 0 Å². The zero-order chi connectivity index (χ0) is 10.7. The van der Waals surface area contributed by atoms with Gasteiger partial charge >= 0.3 is 0 Å². The van der Waals surface area contributed by atoms with Crippen molar-refractivity contribution in [3.63, 3.8) is 0 Å². The van der Waals surface area contributed by atoms with Crippen LogP contribution in [-0.4, -0.2) is 10.2 Å². The molecule has 0 fully saturated rings. The maximum Gasteiger partial charge on any atom is 0.125 e. The van der Waals surface area contributed by atoms with Crippen LogP contribution in [-0.2, 0) is 6.54 Å². The number of halogens is 1. The van der Waals surface area contributed by atoms with E-state index < -0.39 is 0 Å². The highest BCUT2D eigenvalue weighted by molar-refractivity contribution is 5.65. The van der Waals surface area contributed by atoms with E-state index in [1.165, 1.54) is 18.2 Å². The summed E-state index contributed by atoms with van der Waals surface area (Å²) in [5.74, 6) is -0.309. The molecule has 0 aliphatic rings. The molecule has 1 aromatic carbocycles. The van der Waals surface area contributed by atoms with E-state index in [0.29, 0.717) is 17.9 Å². The molecule has 0 bridgehead atoms. The van der Waals surface area contributed by atoms with Crippen molar-refractivity contribution in [3.05, 3.63) is 42.0 Å². The van der Waals surface area contributed by atoms with Gasteiger partial charge in [0.25, 0.3) is 0 Å². The van der Waals surface area contributed by atoms with Gasteiger partial charge in [0, 0.05) is 6.20 Å². The summed E-state index contributed by atoms with van der Waals surface area (Å²) in [5.41, 5.74) is 7.70. The number of hydrogen-bond donors (Lipinski definition) is 3. The molecule has 78 valence electrons. The van der Waals surface area contributed by atoms with Crippen LogP contribution in [0.25, 0.3) is 0 Å². The summed E-state index contributed by atoms with van der Waals surface area (Å²) in [7, 11) is 0. The molecule has 0 aliphatic heterocycles. The predicted octanol–water partition coefficient (Wildman–Crippen LogP) is 1.74. The van der Waals surface area contributed by atoms with Crippen LogP contribution in [0.4, 0.5) is 15.8 Å². The molecule has 0 spiro atoms. The van der Waals surface area contributed by atoms with Crippen molar-refractivity contribution in [2.45, 2.75) is 6.54 Å². The van der Waals surface area contributed by atoms with Crippen LogP contribution >= 0.6 is 0 Å². The van der Waals surface area contributed by atoms with Crippen LogP contribution in [0.1, 0.15) is 5.69 Å². The van der Waals surface area contributed by atoms with E-state index in [4.69, 9.17) is 5.73 Å². The number of aromatic amines is 1. The van der Waals surface area contributed by atoms with Crippen LogP contribution in [0.5, 0.6) is 0 Å². The van der Waals surface area contributed by atoms with Gasteiger partial charge in [-0.1, -0.05) is 0 Å². The number of nitrogens with zero attached hydrogens (tertiary/aromatic N) is 1. The fraction of sp³-hybridized carbons (Fsp3) is 0.100. The lowest BCUT2D eigenvalue weighted by atomic mass is 10.2. The zero-order valence-corrected chi connectivity index (χ0v) is 8.00. The van der Waals surface area contributed by atoms with Crippen molar-refractivity contribution in [2.75, 3.05) is 11.1 Å². The van der Waals surface area contributed by atoms with Gasteiger partial charge in [-0.25, -0.2) is 4.39 Å². The number of H-pyrrole nitrogens is 1. The number of anilines is 2. The van der Waals surface area contributed by atoms with Gasteiger partial charge in [-0.05, 0) is 24.3 Å². The Balaban J connectivity index is 2.07. The summed E-state index contributed by atoms with van der Waals surface area (Å²) in [4.78, 5) is 0. The molecular weight excluding hydrogens is 195 g/mol. The number of nitrogens with two attached hydrogens (primary N) is 1. The van der Waals surface area contributed by atoms with Gasteiger partial charge in [0.05, 0.1) is 23.6 Å². The van der Waals surface area contributed by atoms with Crippen LogP contribution < -0.4 is 11.1 Å². The van der Waals surface area contributed by atoms with Crippen LogP contribution in [0, 0.1) is 5.82 Å². The van der Waals surface area contributed by atoms with E-state index in [0.717, 1.165) is 5.69 Å². The molecule has 15 heavy (non-hydrogen) atoms. The van der Waals surface area contributed by atoms with Gasteiger partial charge in [0.15, 0.2) is 0 Å². The summed E-state index contributed by atoms with van der Waals surface area (Å²) < 4.78 is 12.9. The first kappa shape index (κ1) is 9.51. The third-order valence-corrected chi connectivity index (χ3v) is 2.04. The number of aromatic nitrogens is 2. The third-order valence-electron chi connectivity index (χ3n) is 2.04. The van der Waals surface area contributed by atoms with Gasteiger partial charge in [-0.2, -0.15) is 5.10 Å². The van der Waals surface area contributed by atoms with E-state index in [1.807, 2.05) is 6.07 Å². The second-order valence-corrected chi connectivity index (χ2v) is 3.17. The third kappa shape index (κ3) is 2.25. The Morgan fingerprint density at radius 2 is 2.27 bits per heavy atom. The average Bonchev–Trinajstić information content (AvgIpc) is 2.72. The quantitative estimate of drug-likeness (QED) is 0.670. The molecule has 2 aromatic rings. The summed E-state index contributed by atoms with van der Waals surface area (Å²) >= 11 is 0. The Bertz CT molecular complexity index is 439. The number of nitrogens with one attached hydrogen (secondary N) is 2. The van der Waals surface area contributed by atoms with Gasteiger partial charge in [0.1, 0.15) is 5.82 Å². The molecule has 0 radical (unpaired) electrons. The van der Waals surface area contributed by atoms with Crippen LogP contribution in [0.3, 0.4) is 0 Å². The lowest BCUT2D eigenvalue weighted by molar-refractivity contribution is 0.628. The Morgan fingerprint density at radius 1 is 1.40 bits per heavy atom. The molecule has 5 heteroatoms. The van der Waals surface area contributed by atoms with E-state index in [2.05, 4.69) is 15.5 Å². The fourth-order valence-corrected chi connectivity index (χ4v) is 1.26. The molecule has 4 nitrogen and oxygen atoms in total. The first-order valence-corrected chi connectivity index (χ1v) is 4.53. The minimum absolute atomic E-state index is 0.309. The Labute approximate surface area is 86.3 Å². The minimum Gasteiger partial charge on any atom is -0.397 e. The van der Waals surface area contributed by atoms with E-state index in [-0.39, 0.29) is 5.82 Å². The molecule has 4 N–H and O–H groups in total. The first-order valence-electron chi connectivity index (χ1n) is 4.53. The summed E-state index contributed by atoms with van der Waals surface area (Å²) in [6, 6.07) is 6.07. The summed E-state index contributed by atoms with van der Waals surface area (Å²) in [6.45, 7) is 0.535. The lowest BCUT2D eigenvalue weighted by Crippen LogP contribution is -2.03. The van der Waals surface area contributed by atoms with E-state index in [9.17, 15) is 4.39 Å². The highest BCUT2D eigenvalue weighted by atomic mass is 19.1. The normalized spacial score (nSPS) is 10.2. The molecule has 0 amide bonds. The summed E-state index contributed by atoms with van der Waals surface area (Å²) in [5, 5.41) is 9.62. The second-order valence-electron chi connectivity index (χ2n) is 3.17. The zero-order valence-electron chi connectivity index (χ0n) is 8.00. The lowest BCUT2D eigenvalue weighted by Gasteiger charge is -2.07. The first-order chi connectivity index (χ1) is 7.25. The van der Waals surface area contributed by atoms with Crippen molar-refractivity contribution in [3.8, 4) is 0 Å². The van der Waals surface area contributed by atoms with Gasteiger partial charge in [0.2, 0.25) is 0 Å². The monoisotopic (exact) mass is 206 g/mol. The average molecular weight is 206 g/mol.